The van der Waals surface area contributed by atoms with Gasteiger partial charge < -0.3 is 10.0 Å². The molecule has 0 unspecified atom stereocenters. The lowest BCUT2D eigenvalue weighted by atomic mass is 9.92. The molecule has 3 heterocycles. The highest BCUT2D eigenvalue weighted by Crippen LogP contribution is 2.43. The lowest BCUT2D eigenvalue weighted by molar-refractivity contribution is -0.0225. The van der Waals surface area contributed by atoms with Gasteiger partial charge >= 0.3 is 0 Å². The first-order valence-electron chi connectivity index (χ1n) is 10.4. The molecule has 1 aromatic carbocycles. The Kier molecular flexibility index (Phi) is 4.29. The minimum Gasteiger partial charge on any atom is -0.388 e. The van der Waals surface area contributed by atoms with E-state index in [9.17, 15) is 9.90 Å². The van der Waals surface area contributed by atoms with Crippen molar-refractivity contribution in [3.8, 4) is 22.3 Å². The summed E-state index contributed by atoms with van der Waals surface area (Å²) < 4.78 is 1.78. The summed E-state index contributed by atoms with van der Waals surface area (Å²) in [6.45, 7) is 4.07. The predicted molar refractivity (Wildman–Crippen MR) is 115 cm³/mol. The van der Waals surface area contributed by atoms with E-state index in [-0.39, 0.29) is 11.9 Å². The molecule has 1 aliphatic heterocycles. The summed E-state index contributed by atoms with van der Waals surface area (Å²) in [7, 11) is 1.90. The quantitative estimate of drug-likeness (QED) is 0.707. The molecule has 1 atom stereocenters. The van der Waals surface area contributed by atoms with Crippen LogP contribution >= 0.6 is 0 Å². The molecule has 1 amide bonds. The summed E-state index contributed by atoms with van der Waals surface area (Å²) in [6.07, 6.45) is 7.72. The van der Waals surface area contributed by atoms with E-state index in [2.05, 4.69) is 22.2 Å². The molecule has 5 rings (SSSR count). The smallest absolute Gasteiger partial charge is 0.257 e. The Labute approximate surface area is 176 Å². The second-order valence-electron chi connectivity index (χ2n) is 9.03. The fourth-order valence-corrected chi connectivity index (χ4v) is 4.74. The molecule has 6 heteroatoms. The third kappa shape index (κ3) is 3.21. The van der Waals surface area contributed by atoms with Crippen LogP contribution in [0.25, 0.3) is 22.3 Å². The number of nitrogens with zero attached hydrogens (tertiary/aromatic N) is 4. The summed E-state index contributed by atoms with van der Waals surface area (Å²) in [5, 5.41) is 15.0. The van der Waals surface area contributed by atoms with E-state index in [1.54, 1.807) is 24.7 Å². The average Bonchev–Trinajstić information content (AvgIpc) is 3.35. The van der Waals surface area contributed by atoms with Crippen molar-refractivity contribution in [3.05, 3.63) is 60.2 Å². The van der Waals surface area contributed by atoms with Crippen LogP contribution in [0.3, 0.4) is 0 Å². The number of carbonyl (C=O) groups excluding carboxylic acids is 1. The Hall–Kier alpha value is -2.99. The molecule has 1 N–H and O–H groups in total. The van der Waals surface area contributed by atoms with Crippen LogP contribution < -0.4 is 0 Å². The van der Waals surface area contributed by atoms with Gasteiger partial charge in [0.2, 0.25) is 0 Å². The van der Waals surface area contributed by atoms with Gasteiger partial charge in [-0.05, 0) is 55.4 Å². The Morgan fingerprint density at radius 3 is 2.40 bits per heavy atom. The molecule has 154 valence electrons. The third-order valence-corrected chi connectivity index (χ3v) is 6.19. The molecule has 0 saturated heterocycles. The number of hydrogen-bond donors (Lipinski definition) is 1. The van der Waals surface area contributed by atoms with Crippen molar-refractivity contribution in [2.45, 2.75) is 44.9 Å². The fourth-order valence-electron chi connectivity index (χ4n) is 4.74. The van der Waals surface area contributed by atoms with Gasteiger partial charge in [-0.1, -0.05) is 24.3 Å². The van der Waals surface area contributed by atoms with E-state index in [4.69, 9.17) is 0 Å². The highest BCUT2D eigenvalue weighted by Gasteiger charge is 2.48. The van der Waals surface area contributed by atoms with Gasteiger partial charge in [0, 0.05) is 25.0 Å². The van der Waals surface area contributed by atoms with E-state index >= 15 is 0 Å². The second-order valence-corrected chi connectivity index (χ2v) is 9.03. The number of hydrogen-bond acceptors (Lipinski definition) is 4. The average molecular weight is 402 g/mol. The van der Waals surface area contributed by atoms with Crippen LogP contribution in [0.5, 0.6) is 0 Å². The number of aliphatic hydroxyl groups is 1. The molecule has 0 bridgehead atoms. The first-order chi connectivity index (χ1) is 14.3. The van der Waals surface area contributed by atoms with Crippen LogP contribution in [-0.4, -0.2) is 42.3 Å². The summed E-state index contributed by atoms with van der Waals surface area (Å²) in [4.78, 5) is 19.8. The number of aromatic nitrogens is 3. The van der Waals surface area contributed by atoms with Crippen molar-refractivity contribution in [3.63, 3.8) is 0 Å². The van der Waals surface area contributed by atoms with Gasteiger partial charge in [-0.15, -0.1) is 0 Å². The highest BCUT2D eigenvalue weighted by molar-refractivity contribution is 6.04. The summed E-state index contributed by atoms with van der Waals surface area (Å²) >= 11 is 0. The van der Waals surface area contributed by atoms with Crippen molar-refractivity contribution in [1.82, 2.24) is 19.7 Å². The SMILES string of the molecule is Cn1cc(-c2ccc(-c3ccnc4c3C(=O)N([C@H](C3CC3)C(C)(C)O)C4)cc2)cn1. The standard InChI is InChI=1S/C24H26N4O2/c1-24(2,30)22(17-8-9-17)28-14-20-21(23(28)29)19(10-11-25-20)16-6-4-15(5-7-16)18-12-26-27(3)13-18/h4-7,10-13,17,22,30H,8-9,14H2,1-3H3/t22-/m1/s1. The minimum atomic E-state index is -0.940. The van der Waals surface area contributed by atoms with Crippen LogP contribution in [0, 0.1) is 5.92 Å². The van der Waals surface area contributed by atoms with E-state index in [0.29, 0.717) is 18.0 Å². The lowest BCUT2D eigenvalue weighted by Gasteiger charge is -2.37. The molecule has 2 aliphatic rings. The van der Waals surface area contributed by atoms with E-state index in [0.717, 1.165) is 40.8 Å². The molecule has 0 spiro atoms. The molecule has 0 radical (unpaired) electrons. The number of rotatable bonds is 5. The van der Waals surface area contributed by atoms with Crippen molar-refractivity contribution >= 4 is 5.91 Å². The van der Waals surface area contributed by atoms with Gasteiger partial charge in [0.15, 0.2) is 0 Å². The maximum Gasteiger partial charge on any atom is 0.257 e. The Morgan fingerprint density at radius 1 is 1.10 bits per heavy atom. The Bertz CT molecular complexity index is 1110. The summed E-state index contributed by atoms with van der Waals surface area (Å²) in [6, 6.07) is 9.93. The number of aryl methyl sites for hydroxylation is 1. The molecule has 3 aromatic rings. The summed E-state index contributed by atoms with van der Waals surface area (Å²) in [5.74, 6) is 0.342. The zero-order chi connectivity index (χ0) is 21.0. The number of benzene rings is 1. The van der Waals surface area contributed by atoms with Crippen LogP contribution in [0.15, 0.2) is 48.9 Å². The third-order valence-electron chi connectivity index (χ3n) is 6.19. The summed E-state index contributed by atoms with van der Waals surface area (Å²) in [5.41, 5.74) is 4.55. The maximum absolute atomic E-state index is 13.5. The molecular formula is C24H26N4O2. The van der Waals surface area contributed by atoms with Crippen molar-refractivity contribution in [2.24, 2.45) is 13.0 Å². The van der Waals surface area contributed by atoms with E-state index in [1.165, 1.54) is 0 Å². The van der Waals surface area contributed by atoms with Gasteiger partial charge in [0.05, 0.1) is 35.6 Å². The van der Waals surface area contributed by atoms with Gasteiger partial charge in [0.1, 0.15) is 0 Å². The topological polar surface area (TPSA) is 71.2 Å². The molecule has 1 fully saturated rings. The molecular weight excluding hydrogens is 376 g/mol. The van der Waals surface area contributed by atoms with Gasteiger partial charge in [0.25, 0.3) is 5.91 Å². The zero-order valence-corrected chi connectivity index (χ0v) is 17.5. The largest absolute Gasteiger partial charge is 0.388 e. The predicted octanol–water partition coefficient (Wildman–Crippen LogP) is 3.65. The van der Waals surface area contributed by atoms with Crippen molar-refractivity contribution in [2.75, 3.05) is 0 Å². The van der Waals surface area contributed by atoms with E-state index < -0.39 is 5.60 Å². The molecule has 30 heavy (non-hydrogen) atoms. The van der Waals surface area contributed by atoms with Crippen molar-refractivity contribution < 1.29 is 9.90 Å². The van der Waals surface area contributed by atoms with Gasteiger partial charge in [-0.3, -0.25) is 14.5 Å². The van der Waals surface area contributed by atoms with Crippen LogP contribution in [-0.2, 0) is 13.6 Å². The van der Waals surface area contributed by atoms with E-state index in [1.807, 2.05) is 42.5 Å². The van der Waals surface area contributed by atoms with Crippen LogP contribution in [0.1, 0.15) is 42.7 Å². The monoisotopic (exact) mass is 402 g/mol. The number of carbonyl (C=O) groups is 1. The second kappa shape index (κ2) is 6.77. The number of pyridine rings is 1. The van der Waals surface area contributed by atoms with Gasteiger partial charge in [-0.2, -0.15) is 5.10 Å². The lowest BCUT2D eigenvalue weighted by Crippen LogP contribution is -2.51. The molecule has 2 aromatic heterocycles. The molecule has 1 aliphatic carbocycles. The first kappa shape index (κ1) is 19.0. The minimum absolute atomic E-state index is 0.0246. The van der Waals surface area contributed by atoms with Crippen LogP contribution in [0.4, 0.5) is 0 Å². The van der Waals surface area contributed by atoms with Crippen LogP contribution in [0.2, 0.25) is 0 Å². The first-order valence-corrected chi connectivity index (χ1v) is 10.4. The molecule has 1 saturated carbocycles. The zero-order valence-electron chi connectivity index (χ0n) is 17.5. The highest BCUT2D eigenvalue weighted by atomic mass is 16.3. The number of amides is 1. The molecule has 6 nitrogen and oxygen atoms in total. The normalized spacial score (nSPS) is 17.3. The Balaban J connectivity index is 1.49. The fraction of sp³-hybridized carbons (Fsp3) is 0.375. The number of fused-ring (bicyclic) bond motifs is 1. The maximum atomic E-state index is 13.5. The Morgan fingerprint density at radius 2 is 1.80 bits per heavy atom. The van der Waals surface area contributed by atoms with Crippen molar-refractivity contribution in [1.29, 1.82) is 0 Å². The van der Waals surface area contributed by atoms with Gasteiger partial charge in [-0.25, -0.2) is 0 Å².